The van der Waals surface area contributed by atoms with E-state index < -0.39 is 10.0 Å². The molecule has 0 spiro atoms. The largest absolute Gasteiger partial charge is 0.495 e. The Balaban J connectivity index is 1.61. The predicted octanol–water partition coefficient (Wildman–Crippen LogP) is 4.20. The van der Waals surface area contributed by atoms with Crippen LogP contribution in [0.2, 0.25) is 0 Å². The molecule has 0 bridgehead atoms. The molecule has 1 aliphatic rings. The van der Waals surface area contributed by atoms with Gasteiger partial charge in [-0.3, -0.25) is 14.5 Å². The molecule has 2 aromatic heterocycles. The number of anilines is 3. The van der Waals surface area contributed by atoms with Gasteiger partial charge in [-0.2, -0.15) is 0 Å². The van der Waals surface area contributed by atoms with Crippen LogP contribution in [0.1, 0.15) is 29.0 Å². The molecular weight excluding hydrogens is 466 g/mol. The van der Waals surface area contributed by atoms with Gasteiger partial charge in [-0.1, -0.05) is 18.2 Å². The Morgan fingerprint density at radius 3 is 2.57 bits per heavy atom. The van der Waals surface area contributed by atoms with Gasteiger partial charge in [0.2, 0.25) is 0 Å². The van der Waals surface area contributed by atoms with Crippen molar-refractivity contribution in [3.63, 3.8) is 0 Å². The third-order valence-corrected chi connectivity index (χ3v) is 7.34. The molecule has 9 nitrogen and oxygen atoms in total. The standard InChI is InChI=1S/C25H23N5O4S/c1-15(17-8-6-7-13-26-17)27-22-14-16-23-19(30(2)25(16)31)12-11-18(24(23)28-22)29-35(32,33)21-10-5-4-9-20(21)34-3/h4-15,29H,1-3H3,(H,27,28)/t15-/m1/s1. The van der Waals surface area contributed by atoms with Crippen molar-refractivity contribution < 1.29 is 17.9 Å². The molecule has 2 aromatic carbocycles. The lowest BCUT2D eigenvalue weighted by Crippen LogP contribution is -2.20. The molecule has 0 unspecified atom stereocenters. The summed E-state index contributed by atoms with van der Waals surface area (Å²) in [4.78, 5) is 23.6. The second-order valence-electron chi connectivity index (χ2n) is 8.15. The molecule has 0 fully saturated rings. The average molecular weight is 490 g/mol. The van der Waals surface area contributed by atoms with E-state index >= 15 is 0 Å². The number of nitrogens with zero attached hydrogens (tertiary/aromatic N) is 3. The SMILES string of the molecule is COc1ccccc1S(=O)(=O)Nc1ccc2c3c(cc(N[C@H](C)c4ccccn4)nc13)C(=O)N2C. The molecular formula is C25H23N5O4S. The molecule has 1 amide bonds. The van der Waals surface area contributed by atoms with Crippen LogP contribution in [0.15, 0.2) is 71.8 Å². The van der Waals surface area contributed by atoms with E-state index in [0.717, 1.165) is 5.69 Å². The van der Waals surface area contributed by atoms with Crippen LogP contribution in [0.4, 0.5) is 17.2 Å². The average Bonchev–Trinajstić information content (AvgIpc) is 3.11. The summed E-state index contributed by atoms with van der Waals surface area (Å²) in [5, 5.41) is 3.87. The second kappa shape index (κ2) is 8.55. The van der Waals surface area contributed by atoms with Gasteiger partial charge in [0.05, 0.1) is 41.3 Å². The van der Waals surface area contributed by atoms with Crippen molar-refractivity contribution >= 4 is 44.0 Å². The highest BCUT2D eigenvalue weighted by atomic mass is 32.2. The summed E-state index contributed by atoms with van der Waals surface area (Å²) in [5.41, 5.74) is 2.54. The molecule has 2 N–H and O–H groups in total. The number of benzene rings is 2. The third kappa shape index (κ3) is 3.91. The number of carbonyl (C=O) groups is 1. The number of carbonyl (C=O) groups excluding carboxylic acids is 1. The van der Waals surface area contributed by atoms with E-state index in [4.69, 9.17) is 9.72 Å². The smallest absolute Gasteiger partial charge is 0.265 e. The lowest BCUT2D eigenvalue weighted by atomic mass is 10.1. The fraction of sp³-hybridized carbons (Fsp3) is 0.160. The van der Waals surface area contributed by atoms with Crippen LogP contribution >= 0.6 is 0 Å². The van der Waals surface area contributed by atoms with Crippen LogP contribution in [-0.4, -0.2) is 38.5 Å². The summed E-state index contributed by atoms with van der Waals surface area (Å²) in [6.07, 6.45) is 1.70. The van der Waals surface area contributed by atoms with Gasteiger partial charge in [-0.25, -0.2) is 13.4 Å². The van der Waals surface area contributed by atoms with Crippen LogP contribution in [0, 0.1) is 0 Å². The Morgan fingerprint density at radius 2 is 1.83 bits per heavy atom. The van der Waals surface area contributed by atoms with E-state index in [1.165, 1.54) is 18.1 Å². The lowest BCUT2D eigenvalue weighted by Gasteiger charge is -2.17. The Bertz CT molecular complexity index is 1560. The summed E-state index contributed by atoms with van der Waals surface area (Å²) >= 11 is 0. The Labute approximate surface area is 202 Å². The van der Waals surface area contributed by atoms with Gasteiger partial charge < -0.3 is 15.0 Å². The number of pyridine rings is 2. The zero-order chi connectivity index (χ0) is 24.7. The van der Waals surface area contributed by atoms with Crippen LogP contribution in [0.25, 0.3) is 10.9 Å². The minimum Gasteiger partial charge on any atom is -0.495 e. The number of aromatic nitrogens is 2. The highest BCUT2D eigenvalue weighted by Gasteiger charge is 2.31. The first kappa shape index (κ1) is 22.6. The first-order valence-electron chi connectivity index (χ1n) is 10.9. The van der Waals surface area contributed by atoms with Gasteiger partial charge in [0.1, 0.15) is 16.5 Å². The zero-order valence-corrected chi connectivity index (χ0v) is 20.1. The summed E-state index contributed by atoms with van der Waals surface area (Å²) in [5.74, 6) is 0.468. The van der Waals surface area contributed by atoms with Crippen molar-refractivity contribution in [2.45, 2.75) is 17.9 Å². The lowest BCUT2D eigenvalue weighted by molar-refractivity contribution is 0.0999. The summed E-state index contributed by atoms with van der Waals surface area (Å²) in [6.45, 7) is 1.93. The molecule has 1 atom stereocenters. The van der Waals surface area contributed by atoms with E-state index in [2.05, 4.69) is 15.0 Å². The van der Waals surface area contributed by atoms with Gasteiger partial charge in [-0.15, -0.1) is 0 Å². The second-order valence-corrected chi connectivity index (χ2v) is 9.80. The van der Waals surface area contributed by atoms with Crippen molar-refractivity contribution in [3.05, 3.63) is 78.1 Å². The molecule has 0 saturated carbocycles. The number of nitrogens with one attached hydrogen (secondary N) is 2. The van der Waals surface area contributed by atoms with Crippen LogP contribution in [0.5, 0.6) is 5.75 Å². The highest BCUT2D eigenvalue weighted by molar-refractivity contribution is 7.92. The molecule has 0 radical (unpaired) electrons. The normalized spacial score (nSPS) is 13.7. The van der Waals surface area contributed by atoms with E-state index in [1.807, 2.05) is 25.1 Å². The number of hydrogen-bond acceptors (Lipinski definition) is 7. The van der Waals surface area contributed by atoms with Crippen molar-refractivity contribution in [2.24, 2.45) is 0 Å². The fourth-order valence-corrected chi connectivity index (χ4v) is 5.42. The maximum absolute atomic E-state index is 13.3. The molecule has 3 heterocycles. The Kier molecular flexibility index (Phi) is 5.52. The van der Waals surface area contributed by atoms with E-state index in [-0.39, 0.29) is 28.3 Å². The third-order valence-electron chi connectivity index (χ3n) is 5.93. The number of ether oxygens (including phenoxy) is 1. The fourth-order valence-electron chi connectivity index (χ4n) is 4.19. The van der Waals surface area contributed by atoms with Gasteiger partial charge in [0.25, 0.3) is 15.9 Å². The number of hydrogen-bond donors (Lipinski definition) is 2. The minimum absolute atomic E-state index is 0.000991. The first-order valence-corrected chi connectivity index (χ1v) is 12.4. The molecule has 35 heavy (non-hydrogen) atoms. The molecule has 5 rings (SSSR count). The van der Waals surface area contributed by atoms with E-state index in [9.17, 15) is 13.2 Å². The number of para-hydroxylation sites is 1. The summed E-state index contributed by atoms with van der Waals surface area (Å²) < 4.78 is 34.4. The Hall–Kier alpha value is -4.18. The maximum Gasteiger partial charge on any atom is 0.265 e. The molecule has 0 aliphatic carbocycles. The minimum atomic E-state index is -4.00. The van der Waals surface area contributed by atoms with Gasteiger partial charge in [-0.05, 0) is 49.4 Å². The number of amides is 1. The van der Waals surface area contributed by atoms with Crippen molar-refractivity contribution in [3.8, 4) is 5.75 Å². The number of methoxy groups -OCH3 is 1. The van der Waals surface area contributed by atoms with Gasteiger partial charge in [0.15, 0.2) is 0 Å². The van der Waals surface area contributed by atoms with E-state index in [0.29, 0.717) is 28.0 Å². The molecule has 178 valence electrons. The molecule has 4 aromatic rings. The topological polar surface area (TPSA) is 114 Å². The molecule has 1 aliphatic heterocycles. The zero-order valence-electron chi connectivity index (χ0n) is 19.3. The van der Waals surface area contributed by atoms with Gasteiger partial charge in [0, 0.05) is 18.6 Å². The number of rotatable bonds is 7. The van der Waals surface area contributed by atoms with E-state index in [1.54, 1.807) is 49.6 Å². The van der Waals surface area contributed by atoms with Crippen molar-refractivity contribution in [1.29, 1.82) is 0 Å². The van der Waals surface area contributed by atoms with Crippen LogP contribution in [0.3, 0.4) is 0 Å². The van der Waals surface area contributed by atoms with Crippen molar-refractivity contribution in [1.82, 2.24) is 9.97 Å². The maximum atomic E-state index is 13.3. The highest BCUT2D eigenvalue weighted by Crippen LogP contribution is 2.41. The predicted molar refractivity (Wildman–Crippen MR) is 135 cm³/mol. The first-order chi connectivity index (χ1) is 16.8. The monoisotopic (exact) mass is 489 g/mol. The van der Waals surface area contributed by atoms with Gasteiger partial charge >= 0.3 is 0 Å². The summed E-state index contributed by atoms with van der Waals surface area (Å²) in [6, 6.07) is 16.8. The van der Waals surface area contributed by atoms with Crippen molar-refractivity contribution in [2.75, 3.05) is 29.1 Å². The van der Waals surface area contributed by atoms with Crippen LogP contribution < -0.4 is 19.7 Å². The Morgan fingerprint density at radius 1 is 1.06 bits per heavy atom. The number of sulfonamides is 1. The molecule has 10 heteroatoms. The quantitative estimate of drug-likeness (QED) is 0.400. The summed E-state index contributed by atoms with van der Waals surface area (Å²) in [7, 11) is -0.909. The molecule has 0 saturated heterocycles. The van der Waals surface area contributed by atoms with Crippen LogP contribution in [-0.2, 0) is 10.0 Å².